The van der Waals surface area contributed by atoms with Gasteiger partial charge in [0.1, 0.15) is 0 Å². The van der Waals surface area contributed by atoms with Gasteiger partial charge in [0.25, 0.3) is 0 Å². The van der Waals surface area contributed by atoms with E-state index in [4.69, 9.17) is 0 Å². The van der Waals surface area contributed by atoms with Crippen molar-refractivity contribution in [2.24, 2.45) is 5.92 Å². The Morgan fingerprint density at radius 1 is 1.04 bits per heavy atom. The van der Waals surface area contributed by atoms with E-state index in [1.807, 2.05) is 26.4 Å². The normalized spacial score (nSPS) is 23.5. The molecule has 2 unspecified atom stereocenters. The number of hydrogen-bond acceptors (Lipinski definition) is 6. The second-order valence-electron chi connectivity index (χ2n) is 7.24. The quantitative estimate of drug-likeness (QED) is 0.850. The summed E-state index contributed by atoms with van der Waals surface area (Å²) in [7, 11) is 4.06. The molecule has 2 aliphatic heterocycles. The number of hydrogen-bond donors (Lipinski definition) is 0. The number of likely N-dealkylation sites (tertiary alicyclic amines) is 1. The topological polar surface area (TPSA) is 48.4 Å². The van der Waals surface area contributed by atoms with Crippen LogP contribution in [0.5, 0.6) is 0 Å². The third-order valence-corrected chi connectivity index (χ3v) is 5.45. The minimum atomic E-state index is 0.577. The first-order valence-corrected chi connectivity index (χ1v) is 9.09. The van der Waals surface area contributed by atoms with Gasteiger partial charge in [0.15, 0.2) is 11.6 Å². The molecule has 132 valence electrons. The number of fused-ring (bicyclic) bond motifs is 1. The molecule has 0 saturated carbocycles. The molecule has 0 spiro atoms. The molecular formula is C19H26N6. The molecule has 25 heavy (non-hydrogen) atoms. The van der Waals surface area contributed by atoms with Crippen molar-refractivity contribution in [3.63, 3.8) is 0 Å². The van der Waals surface area contributed by atoms with Crippen molar-refractivity contribution in [3.05, 3.63) is 42.5 Å². The molecule has 2 aromatic heterocycles. The van der Waals surface area contributed by atoms with E-state index in [0.717, 1.165) is 42.9 Å². The molecule has 6 heteroatoms. The average Bonchev–Trinajstić information content (AvgIpc) is 3.04. The number of aromatic nitrogens is 3. The van der Waals surface area contributed by atoms with Crippen molar-refractivity contribution in [2.45, 2.75) is 25.4 Å². The molecule has 0 bridgehead atoms. The first-order valence-electron chi connectivity index (χ1n) is 9.09. The largest absolute Gasteiger partial charge is 0.360 e. The van der Waals surface area contributed by atoms with E-state index in [2.05, 4.69) is 41.8 Å². The molecule has 2 aliphatic rings. The lowest BCUT2D eigenvalue weighted by molar-refractivity contribution is 0.198. The third kappa shape index (κ3) is 3.31. The van der Waals surface area contributed by atoms with Crippen LogP contribution < -0.4 is 9.80 Å². The lowest BCUT2D eigenvalue weighted by Crippen LogP contribution is -2.48. The summed E-state index contributed by atoms with van der Waals surface area (Å²) in [5, 5.41) is 0. The van der Waals surface area contributed by atoms with Crippen LogP contribution in [0.25, 0.3) is 0 Å². The first kappa shape index (κ1) is 16.3. The molecule has 0 radical (unpaired) electrons. The van der Waals surface area contributed by atoms with E-state index in [1.54, 1.807) is 12.4 Å². The fourth-order valence-electron chi connectivity index (χ4n) is 4.18. The monoisotopic (exact) mass is 338 g/mol. The lowest BCUT2D eigenvalue weighted by Gasteiger charge is -2.39. The summed E-state index contributed by atoms with van der Waals surface area (Å²) >= 11 is 0. The highest BCUT2D eigenvalue weighted by molar-refractivity contribution is 5.61. The maximum absolute atomic E-state index is 4.64. The van der Waals surface area contributed by atoms with Gasteiger partial charge in [-0.25, -0.2) is 9.97 Å². The summed E-state index contributed by atoms with van der Waals surface area (Å²) in [6, 6.07) is 6.76. The molecule has 0 amide bonds. The molecule has 0 N–H and O–H groups in total. The van der Waals surface area contributed by atoms with Crippen LogP contribution >= 0.6 is 0 Å². The maximum Gasteiger partial charge on any atom is 0.172 e. The van der Waals surface area contributed by atoms with Gasteiger partial charge in [-0.2, -0.15) is 0 Å². The van der Waals surface area contributed by atoms with E-state index in [-0.39, 0.29) is 0 Å². The fourth-order valence-corrected chi connectivity index (χ4v) is 4.18. The van der Waals surface area contributed by atoms with Crippen molar-refractivity contribution >= 4 is 11.6 Å². The molecule has 4 heterocycles. The van der Waals surface area contributed by atoms with Crippen LogP contribution in [0.4, 0.5) is 11.6 Å². The summed E-state index contributed by atoms with van der Waals surface area (Å²) in [6.45, 7) is 4.20. The summed E-state index contributed by atoms with van der Waals surface area (Å²) in [5.41, 5.74) is 1.16. The number of anilines is 2. The van der Waals surface area contributed by atoms with Gasteiger partial charge >= 0.3 is 0 Å². The molecule has 2 fully saturated rings. The van der Waals surface area contributed by atoms with Crippen LogP contribution in [-0.2, 0) is 6.54 Å². The Hall–Kier alpha value is -2.21. The van der Waals surface area contributed by atoms with E-state index in [1.165, 1.54) is 19.4 Å². The standard InChI is InChI=1S/C19H26N6/c1-23(2)18-19(22-10-9-21-18)25-12-7-15-6-11-24(17(15)14-25)13-16-5-3-4-8-20-16/h3-5,8-10,15,17H,6-7,11-14H2,1-2H3. The van der Waals surface area contributed by atoms with E-state index in [9.17, 15) is 0 Å². The van der Waals surface area contributed by atoms with Crippen LogP contribution in [0.1, 0.15) is 18.5 Å². The van der Waals surface area contributed by atoms with Crippen LogP contribution in [0.2, 0.25) is 0 Å². The molecule has 2 saturated heterocycles. The van der Waals surface area contributed by atoms with Gasteiger partial charge in [0.2, 0.25) is 0 Å². The Morgan fingerprint density at radius 2 is 1.88 bits per heavy atom. The minimum Gasteiger partial charge on any atom is -0.360 e. The van der Waals surface area contributed by atoms with Gasteiger partial charge in [-0.05, 0) is 37.4 Å². The van der Waals surface area contributed by atoms with Crippen LogP contribution in [0.3, 0.4) is 0 Å². The van der Waals surface area contributed by atoms with Crippen molar-refractivity contribution in [2.75, 3.05) is 43.5 Å². The van der Waals surface area contributed by atoms with Gasteiger partial charge in [-0.1, -0.05) is 6.07 Å². The van der Waals surface area contributed by atoms with E-state index < -0.39 is 0 Å². The van der Waals surface area contributed by atoms with Gasteiger partial charge in [-0.3, -0.25) is 9.88 Å². The lowest BCUT2D eigenvalue weighted by atomic mass is 9.92. The van der Waals surface area contributed by atoms with Crippen molar-refractivity contribution in [1.29, 1.82) is 0 Å². The highest BCUT2D eigenvalue weighted by Gasteiger charge is 2.39. The maximum atomic E-state index is 4.64. The zero-order valence-corrected chi connectivity index (χ0v) is 15.0. The zero-order valence-electron chi connectivity index (χ0n) is 15.0. The summed E-state index contributed by atoms with van der Waals surface area (Å²) < 4.78 is 0. The molecule has 6 nitrogen and oxygen atoms in total. The molecule has 4 rings (SSSR count). The molecular weight excluding hydrogens is 312 g/mol. The Kier molecular flexibility index (Phi) is 4.53. The average molecular weight is 338 g/mol. The second-order valence-corrected chi connectivity index (χ2v) is 7.24. The summed E-state index contributed by atoms with van der Waals surface area (Å²) in [4.78, 5) is 20.7. The van der Waals surface area contributed by atoms with Crippen molar-refractivity contribution in [1.82, 2.24) is 19.9 Å². The highest BCUT2D eigenvalue weighted by Crippen LogP contribution is 2.35. The van der Waals surface area contributed by atoms with Crippen molar-refractivity contribution < 1.29 is 0 Å². The zero-order chi connectivity index (χ0) is 17.2. The molecule has 2 aromatic rings. The Bertz CT molecular complexity index is 704. The smallest absolute Gasteiger partial charge is 0.172 e. The fraction of sp³-hybridized carbons (Fsp3) is 0.526. The SMILES string of the molecule is CN(C)c1nccnc1N1CCC2CCN(Cc3ccccn3)C2C1. The summed E-state index contributed by atoms with van der Waals surface area (Å²) in [6.07, 6.45) is 7.99. The van der Waals surface area contributed by atoms with Gasteiger partial charge in [-0.15, -0.1) is 0 Å². The molecule has 0 aliphatic carbocycles. The highest BCUT2D eigenvalue weighted by atomic mass is 15.3. The minimum absolute atomic E-state index is 0.577. The number of pyridine rings is 1. The van der Waals surface area contributed by atoms with Gasteiger partial charge in [0.05, 0.1) is 5.69 Å². The predicted octanol–water partition coefficient (Wildman–Crippen LogP) is 2.04. The predicted molar refractivity (Wildman–Crippen MR) is 99.7 cm³/mol. The number of nitrogens with zero attached hydrogens (tertiary/aromatic N) is 6. The summed E-state index contributed by atoms with van der Waals surface area (Å²) in [5.74, 6) is 2.75. The Labute approximate surface area is 149 Å². The van der Waals surface area contributed by atoms with Gasteiger partial charge < -0.3 is 9.80 Å². The van der Waals surface area contributed by atoms with Crippen LogP contribution in [0.15, 0.2) is 36.8 Å². The first-order chi connectivity index (χ1) is 12.2. The van der Waals surface area contributed by atoms with E-state index in [0.29, 0.717) is 6.04 Å². The van der Waals surface area contributed by atoms with Crippen LogP contribution in [0, 0.1) is 5.92 Å². The van der Waals surface area contributed by atoms with Gasteiger partial charge in [0, 0.05) is 58.4 Å². The number of rotatable bonds is 4. The van der Waals surface area contributed by atoms with E-state index >= 15 is 0 Å². The molecule has 0 aromatic carbocycles. The van der Waals surface area contributed by atoms with Crippen LogP contribution in [-0.4, -0.2) is 59.6 Å². The Morgan fingerprint density at radius 3 is 2.68 bits per heavy atom. The van der Waals surface area contributed by atoms with Crippen molar-refractivity contribution in [3.8, 4) is 0 Å². The molecule has 2 atom stereocenters. The third-order valence-electron chi connectivity index (χ3n) is 5.45. The number of piperidine rings is 1. The second kappa shape index (κ2) is 6.96. The Balaban J connectivity index is 1.52.